The van der Waals surface area contributed by atoms with E-state index >= 15 is 0 Å². The van der Waals surface area contributed by atoms with Crippen LogP contribution in [0.2, 0.25) is 18.1 Å². The van der Waals surface area contributed by atoms with Crippen LogP contribution >= 0.6 is 12.1 Å². The van der Waals surface area contributed by atoms with E-state index in [0.29, 0.717) is 6.61 Å². The molecule has 0 saturated carbocycles. The number of hydrogen-bond acceptors (Lipinski definition) is 2. The van der Waals surface area contributed by atoms with E-state index in [1.54, 1.807) is 0 Å². The van der Waals surface area contributed by atoms with Crippen molar-refractivity contribution in [2.24, 2.45) is 0 Å². The monoisotopic (exact) mass is 178 g/mol. The fraction of sp³-hybridized carbons (Fsp3) is 1.00. The van der Waals surface area contributed by atoms with E-state index < -0.39 is 7.22 Å². The minimum Gasteiger partial charge on any atom is -0.396 e. The molecule has 0 unspecified atom stereocenters. The Morgan fingerprint density at radius 3 is 2.10 bits per heavy atom. The van der Waals surface area contributed by atoms with Crippen molar-refractivity contribution < 1.29 is 5.11 Å². The molecule has 0 aromatic heterocycles. The third-order valence-corrected chi connectivity index (χ3v) is 8.60. The molecule has 3 heteroatoms. The molecule has 0 atom stereocenters. The van der Waals surface area contributed by atoms with Crippen molar-refractivity contribution in [2.75, 3.05) is 6.61 Å². The van der Waals surface area contributed by atoms with Gasteiger partial charge < -0.3 is 5.11 Å². The molecule has 62 valence electrons. The minimum atomic E-state index is -1.18. The molecule has 0 bridgehead atoms. The van der Waals surface area contributed by atoms with Crippen LogP contribution < -0.4 is 0 Å². The lowest BCUT2D eigenvalue weighted by molar-refractivity contribution is 0.294. The smallest absolute Gasteiger partial charge is 0.112 e. The SMILES string of the molecule is CC[Si](S)(CC)CCCO. The van der Waals surface area contributed by atoms with Gasteiger partial charge in [-0.2, -0.15) is 0 Å². The van der Waals surface area contributed by atoms with Gasteiger partial charge in [-0.3, -0.25) is 0 Å². The Kier molecular flexibility index (Phi) is 5.49. The number of rotatable bonds is 5. The molecule has 0 amide bonds. The second-order valence-electron chi connectivity index (χ2n) is 2.76. The molecule has 0 fully saturated rings. The van der Waals surface area contributed by atoms with Crippen molar-refractivity contribution >= 4 is 19.3 Å². The molecular formula is C7H18OSSi. The van der Waals surface area contributed by atoms with E-state index in [0.717, 1.165) is 6.42 Å². The fourth-order valence-electron chi connectivity index (χ4n) is 1.01. The summed E-state index contributed by atoms with van der Waals surface area (Å²) in [6.07, 6.45) is 0.942. The van der Waals surface area contributed by atoms with Gasteiger partial charge in [-0.15, -0.1) is 0 Å². The molecule has 0 aliphatic rings. The largest absolute Gasteiger partial charge is 0.396 e. The highest BCUT2D eigenvalue weighted by Gasteiger charge is 2.22. The first-order valence-electron chi connectivity index (χ1n) is 4.01. The predicted molar refractivity (Wildman–Crippen MR) is 52.2 cm³/mol. The third kappa shape index (κ3) is 3.64. The van der Waals surface area contributed by atoms with Gasteiger partial charge in [0, 0.05) is 6.61 Å². The summed E-state index contributed by atoms with van der Waals surface area (Å²) in [5.41, 5.74) is 0. The van der Waals surface area contributed by atoms with Crippen molar-refractivity contribution in [3.05, 3.63) is 0 Å². The molecule has 0 aliphatic carbocycles. The summed E-state index contributed by atoms with van der Waals surface area (Å²) < 4.78 is 0. The molecular weight excluding hydrogens is 160 g/mol. The average molecular weight is 178 g/mol. The van der Waals surface area contributed by atoms with Crippen LogP contribution in [0.5, 0.6) is 0 Å². The van der Waals surface area contributed by atoms with Crippen molar-refractivity contribution in [3.63, 3.8) is 0 Å². The molecule has 1 N–H and O–H groups in total. The maximum Gasteiger partial charge on any atom is 0.112 e. The van der Waals surface area contributed by atoms with Gasteiger partial charge in [0.25, 0.3) is 0 Å². The predicted octanol–water partition coefficient (Wildman–Crippen LogP) is 2.28. The van der Waals surface area contributed by atoms with Crippen LogP contribution in [0.15, 0.2) is 0 Å². The first kappa shape index (κ1) is 10.5. The van der Waals surface area contributed by atoms with Gasteiger partial charge in [0.2, 0.25) is 0 Å². The molecule has 0 saturated heterocycles. The maximum absolute atomic E-state index is 8.61. The Morgan fingerprint density at radius 2 is 1.80 bits per heavy atom. The van der Waals surface area contributed by atoms with E-state index in [2.05, 4.69) is 25.9 Å². The Balaban J connectivity index is 3.58. The van der Waals surface area contributed by atoms with Gasteiger partial charge in [0.15, 0.2) is 0 Å². The van der Waals surface area contributed by atoms with Crippen LogP contribution in [0.3, 0.4) is 0 Å². The zero-order valence-electron chi connectivity index (χ0n) is 6.93. The lowest BCUT2D eigenvalue weighted by Gasteiger charge is -2.21. The highest BCUT2D eigenvalue weighted by molar-refractivity contribution is 8.14. The summed E-state index contributed by atoms with van der Waals surface area (Å²) in [6.45, 7) is 4.75. The summed E-state index contributed by atoms with van der Waals surface area (Å²) in [7, 11) is -1.18. The number of aliphatic hydroxyl groups excluding tert-OH is 1. The van der Waals surface area contributed by atoms with Crippen LogP contribution in [0, 0.1) is 0 Å². The highest BCUT2D eigenvalue weighted by Crippen LogP contribution is 2.25. The Bertz CT molecular complexity index is 83.7. The Morgan fingerprint density at radius 1 is 1.30 bits per heavy atom. The van der Waals surface area contributed by atoms with Crippen LogP contribution in [-0.4, -0.2) is 18.9 Å². The third-order valence-electron chi connectivity index (χ3n) is 2.12. The van der Waals surface area contributed by atoms with Gasteiger partial charge in [-0.25, -0.2) is 12.1 Å². The topological polar surface area (TPSA) is 20.2 Å². The Labute approximate surface area is 69.9 Å². The number of thiol groups is 1. The van der Waals surface area contributed by atoms with Gasteiger partial charge in [0.1, 0.15) is 7.22 Å². The minimum absolute atomic E-state index is 0.329. The van der Waals surface area contributed by atoms with Crippen LogP contribution in [0.4, 0.5) is 0 Å². The van der Waals surface area contributed by atoms with E-state index in [9.17, 15) is 0 Å². The first-order chi connectivity index (χ1) is 4.68. The van der Waals surface area contributed by atoms with Crippen LogP contribution in [0.25, 0.3) is 0 Å². The molecule has 1 nitrogen and oxygen atoms in total. The number of aliphatic hydroxyl groups is 1. The molecule has 10 heavy (non-hydrogen) atoms. The van der Waals surface area contributed by atoms with Crippen molar-refractivity contribution in [2.45, 2.75) is 38.4 Å². The maximum atomic E-state index is 8.61. The van der Waals surface area contributed by atoms with Crippen molar-refractivity contribution in [3.8, 4) is 0 Å². The van der Waals surface area contributed by atoms with Gasteiger partial charge in [-0.05, 0) is 12.5 Å². The summed E-state index contributed by atoms with van der Waals surface area (Å²) in [6, 6.07) is 3.62. The summed E-state index contributed by atoms with van der Waals surface area (Å²) in [4.78, 5) is 0. The molecule has 0 radical (unpaired) electrons. The molecule has 0 spiro atoms. The van der Waals surface area contributed by atoms with Crippen LogP contribution in [-0.2, 0) is 0 Å². The standard InChI is InChI=1S/C7H18OSSi/c1-3-10(9,4-2)7-5-6-8/h8-9H,3-7H2,1-2H3. The van der Waals surface area contributed by atoms with Gasteiger partial charge >= 0.3 is 0 Å². The molecule has 0 rings (SSSR count). The molecule has 0 aliphatic heterocycles. The van der Waals surface area contributed by atoms with E-state index in [1.807, 2.05) is 0 Å². The van der Waals surface area contributed by atoms with Gasteiger partial charge in [0.05, 0.1) is 0 Å². The normalized spacial score (nSPS) is 12.0. The lowest BCUT2D eigenvalue weighted by atomic mass is 10.5. The van der Waals surface area contributed by atoms with E-state index in [-0.39, 0.29) is 0 Å². The second kappa shape index (κ2) is 5.21. The Hall–Kier alpha value is 0.527. The van der Waals surface area contributed by atoms with E-state index in [4.69, 9.17) is 5.11 Å². The second-order valence-corrected chi connectivity index (χ2v) is 9.97. The highest BCUT2D eigenvalue weighted by atomic mass is 32.3. The molecule has 0 aromatic rings. The number of hydrogen-bond donors (Lipinski definition) is 2. The van der Waals surface area contributed by atoms with Gasteiger partial charge in [-0.1, -0.05) is 25.9 Å². The zero-order valence-corrected chi connectivity index (χ0v) is 8.82. The first-order valence-corrected chi connectivity index (χ1v) is 7.92. The average Bonchev–Trinajstić information content (AvgIpc) is 2.00. The molecule has 0 heterocycles. The van der Waals surface area contributed by atoms with Crippen molar-refractivity contribution in [1.82, 2.24) is 0 Å². The summed E-state index contributed by atoms with van der Waals surface area (Å²) >= 11 is 4.68. The van der Waals surface area contributed by atoms with Crippen LogP contribution in [0.1, 0.15) is 20.3 Å². The fourth-order valence-corrected chi connectivity index (χ4v) is 3.51. The quantitative estimate of drug-likeness (QED) is 0.489. The zero-order chi connectivity index (χ0) is 8.04. The lowest BCUT2D eigenvalue weighted by Crippen LogP contribution is -2.24. The summed E-state index contributed by atoms with van der Waals surface area (Å²) in [5.74, 6) is 0. The van der Waals surface area contributed by atoms with E-state index in [1.165, 1.54) is 18.1 Å². The summed E-state index contributed by atoms with van der Waals surface area (Å²) in [5, 5.41) is 8.61. The van der Waals surface area contributed by atoms with Crippen molar-refractivity contribution in [1.29, 1.82) is 0 Å². The molecule has 0 aromatic carbocycles.